The number of nitrogens with zero attached hydrogens (tertiary/aromatic N) is 1. The van der Waals surface area contributed by atoms with E-state index in [-0.39, 0.29) is 10.3 Å². The molecule has 25 heavy (non-hydrogen) atoms. The van der Waals surface area contributed by atoms with Crippen molar-refractivity contribution < 1.29 is 12.9 Å². The molecule has 0 bridgehead atoms. The van der Waals surface area contributed by atoms with Crippen LogP contribution < -0.4 is 5.14 Å². The molecule has 2 aliphatic rings. The Kier molecular flexibility index (Phi) is 3.81. The Morgan fingerprint density at radius 3 is 2.36 bits per heavy atom. The fraction of sp³-hybridized carbons (Fsp3) is 0.526. The smallest absolute Gasteiger partial charge is 0.238 e. The zero-order chi connectivity index (χ0) is 17.8. The summed E-state index contributed by atoms with van der Waals surface area (Å²) in [5.41, 5.74) is 2.22. The summed E-state index contributed by atoms with van der Waals surface area (Å²) in [5.74, 6) is 2.16. The van der Waals surface area contributed by atoms with Crippen LogP contribution in [0.25, 0.3) is 0 Å². The number of nitrogens with two attached hydrogens (primary N) is 1. The molecule has 1 aromatic carbocycles. The molecule has 2 fully saturated rings. The summed E-state index contributed by atoms with van der Waals surface area (Å²) >= 11 is 0. The van der Waals surface area contributed by atoms with E-state index < -0.39 is 10.0 Å². The van der Waals surface area contributed by atoms with Crippen LogP contribution in [0.1, 0.15) is 74.3 Å². The van der Waals surface area contributed by atoms with Crippen LogP contribution in [-0.4, -0.2) is 13.6 Å². The van der Waals surface area contributed by atoms with Gasteiger partial charge in [-0.1, -0.05) is 44.0 Å². The molecule has 0 aliphatic heterocycles. The van der Waals surface area contributed by atoms with Crippen LogP contribution in [0.15, 0.2) is 39.8 Å². The Hall–Kier alpha value is -1.66. The van der Waals surface area contributed by atoms with Crippen molar-refractivity contribution in [3.05, 3.63) is 47.3 Å². The van der Waals surface area contributed by atoms with Gasteiger partial charge in [-0.05, 0) is 41.9 Å². The highest BCUT2D eigenvalue weighted by Gasteiger charge is 2.60. The van der Waals surface area contributed by atoms with Crippen LogP contribution >= 0.6 is 0 Å². The maximum Gasteiger partial charge on any atom is 0.238 e. The molecule has 0 spiro atoms. The molecule has 6 heteroatoms. The van der Waals surface area contributed by atoms with Crippen molar-refractivity contribution in [2.45, 2.75) is 62.2 Å². The minimum Gasteiger partial charge on any atom is -0.361 e. The van der Waals surface area contributed by atoms with E-state index >= 15 is 0 Å². The minimum absolute atomic E-state index is 0.0763. The second kappa shape index (κ2) is 5.68. The van der Waals surface area contributed by atoms with Crippen molar-refractivity contribution in [3.8, 4) is 0 Å². The van der Waals surface area contributed by atoms with E-state index in [1.807, 2.05) is 12.1 Å². The zero-order valence-electron chi connectivity index (χ0n) is 14.6. The summed E-state index contributed by atoms with van der Waals surface area (Å²) in [7, 11) is -3.65. The fourth-order valence-electron chi connectivity index (χ4n) is 4.53. The maximum absolute atomic E-state index is 11.4. The lowest BCUT2D eigenvalue weighted by Crippen LogP contribution is -2.11. The second-order valence-electron chi connectivity index (χ2n) is 8.03. The van der Waals surface area contributed by atoms with Gasteiger partial charge in [-0.2, -0.15) is 0 Å². The highest BCUT2D eigenvalue weighted by Crippen LogP contribution is 2.69. The highest BCUT2D eigenvalue weighted by atomic mass is 32.2. The molecule has 2 aromatic rings. The molecule has 4 rings (SSSR count). The van der Waals surface area contributed by atoms with Crippen molar-refractivity contribution in [2.75, 3.05) is 0 Å². The van der Waals surface area contributed by atoms with E-state index in [0.717, 1.165) is 17.0 Å². The summed E-state index contributed by atoms with van der Waals surface area (Å²) in [6.07, 6.45) is 4.94. The second-order valence-corrected chi connectivity index (χ2v) is 9.59. The Labute approximate surface area is 148 Å². The number of hydrogen-bond acceptors (Lipinski definition) is 4. The average molecular weight is 360 g/mol. The lowest BCUT2D eigenvalue weighted by molar-refractivity contribution is 0.354. The highest BCUT2D eigenvalue weighted by molar-refractivity contribution is 7.89. The Morgan fingerprint density at radius 2 is 1.76 bits per heavy atom. The van der Waals surface area contributed by atoms with Crippen LogP contribution in [-0.2, 0) is 10.0 Å². The monoisotopic (exact) mass is 360 g/mol. The molecule has 5 nitrogen and oxygen atoms in total. The number of rotatable bonds is 4. The predicted octanol–water partition coefficient (Wildman–Crippen LogP) is 3.89. The predicted molar refractivity (Wildman–Crippen MR) is 94.8 cm³/mol. The lowest BCUT2D eigenvalue weighted by Gasteiger charge is -2.04. The summed E-state index contributed by atoms with van der Waals surface area (Å²) in [5, 5.41) is 9.54. The molecule has 2 aliphatic carbocycles. The first-order valence-electron chi connectivity index (χ1n) is 8.88. The van der Waals surface area contributed by atoms with Crippen LogP contribution in [0.4, 0.5) is 0 Å². The molecule has 2 atom stereocenters. The molecule has 2 N–H and O–H groups in total. The number of aromatic nitrogens is 1. The van der Waals surface area contributed by atoms with E-state index in [1.54, 1.807) is 12.1 Å². The first kappa shape index (κ1) is 16.8. The third kappa shape index (κ3) is 2.91. The molecule has 2 unspecified atom stereocenters. The van der Waals surface area contributed by atoms with Gasteiger partial charge in [0.25, 0.3) is 0 Å². The molecular formula is C19H24N2O3S. The topological polar surface area (TPSA) is 86.2 Å². The molecule has 1 aromatic heterocycles. The van der Waals surface area contributed by atoms with Gasteiger partial charge in [0.05, 0.1) is 10.6 Å². The zero-order valence-corrected chi connectivity index (χ0v) is 15.4. The lowest BCUT2D eigenvalue weighted by atomic mass is 10.0. The summed E-state index contributed by atoms with van der Waals surface area (Å²) in [6.45, 7) is 4.44. The van der Waals surface area contributed by atoms with Gasteiger partial charge in [-0.15, -0.1) is 0 Å². The summed E-state index contributed by atoms with van der Waals surface area (Å²) in [4.78, 5) is 0.149. The molecule has 0 radical (unpaired) electrons. The number of primary sulfonamides is 1. The Morgan fingerprint density at radius 1 is 1.12 bits per heavy atom. The first-order chi connectivity index (χ1) is 11.8. The van der Waals surface area contributed by atoms with E-state index in [0.29, 0.717) is 17.8 Å². The molecule has 134 valence electrons. The number of benzene rings is 1. The van der Waals surface area contributed by atoms with Crippen molar-refractivity contribution in [2.24, 2.45) is 10.6 Å². The Bertz CT molecular complexity index is 878. The van der Waals surface area contributed by atoms with Gasteiger partial charge in [0, 0.05) is 17.9 Å². The van der Waals surface area contributed by atoms with Gasteiger partial charge in [0.2, 0.25) is 10.0 Å². The van der Waals surface area contributed by atoms with Crippen LogP contribution in [0.2, 0.25) is 0 Å². The summed E-state index contributed by atoms with van der Waals surface area (Å²) < 4.78 is 28.5. The fourth-order valence-corrected chi connectivity index (χ4v) is 5.05. The third-order valence-electron chi connectivity index (χ3n) is 6.02. The normalized spacial score (nSPS) is 26.0. The maximum atomic E-state index is 11.4. The summed E-state index contributed by atoms with van der Waals surface area (Å²) in [6, 6.07) is 9.04. The van der Waals surface area contributed by atoms with Gasteiger partial charge in [0.15, 0.2) is 0 Å². The van der Waals surface area contributed by atoms with Gasteiger partial charge in [-0.3, -0.25) is 0 Å². The Balaban J connectivity index is 1.57. The van der Waals surface area contributed by atoms with E-state index in [4.69, 9.17) is 9.66 Å². The van der Waals surface area contributed by atoms with Gasteiger partial charge in [0.1, 0.15) is 5.76 Å². The molecule has 2 saturated carbocycles. The SMILES string of the molecule is CC1(C)C(c2ccc(S(N)(=O)=O)cc2)C1c1cc(C2CCCC2)on1. The van der Waals surface area contributed by atoms with Gasteiger partial charge < -0.3 is 4.52 Å². The molecule has 1 heterocycles. The quantitative estimate of drug-likeness (QED) is 0.896. The van der Waals surface area contributed by atoms with Crippen LogP contribution in [0.3, 0.4) is 0 Å². The third-order valence-corrected chi connectivity index (χ3v) is 6.95. The average Bonchev–Trinajstić information content (AvgIpc) is 3.03. The molecule has 0 saturated heterocycles. The largest absolute Gasteiger partial charge is 0.361 e. The van der Waals surface area contributed by atoms with Crippen molar-refractivity contribution >= 4 is 10.0 Å². The molecule has 0 amide bonds. The van der Waals surface area contributed by atoms with Gasteiger partial charge in [-0.25, -0.2) is 13.6 Å². The van der Waals surface area contributed by atoms with Crippen LogP contribution in [0, 0.1) is 5.41 Å². The van der Waals surface area contributed by atoms with Crippen molar-refractivity contribution in [3.63, 3.8) is 0 Å². The van der Waals surface area contributed by atoms with E-state index in [9.17, 15) is 8.42 Å². The number of hydrogen-bond donors (Lipinski definition) is 1. The first-order valence-corrected chi connectivity index (χ1v) is 10.4. The van der Waals surface area contributed by atoms with E-state index in [2.05, 4.69) is 25.1 Å². The number of sulfonamides is 1. The standard InChI is InChI=1S/C19H24N2O3S/c1-19(2)17(13-7-9-14(10-8-13)25(20,22)23)18(19)15-11-16(24-21-15)12-5-3-4-6-12/h7-12,17-18H,3-6H2,1-2H3,(H2,20,22,23). The van der Waals surface area contributed by atoms with Crippen molar-refractivity contribution in [1.29, 1.82) is 0 Å². The molecular weight excluding hydrogens is 336 g/mol. The van der Waals surface area contributed by atoms with Gasteiger partial charge >= 0.3 is 0 Å². The minimum atomic E-state index is -3.65. The van der Waals surface area contributed by atoms with Crippen LogP contribution in [0.5, 0.6) is 0 Å². The van der Waals surface area contributed by atoms with E-state index in [1.165, 1.54) is 25.7 Å². The van der Waals surface area contributed by atoms with Crippen molar-refractivity contribution in [1.82, 2.24) is 5.16 Å².